The summed E-state index contributed by atoms with van der Waals surface area (Å²) in [4.78, 5) is 2.22. The maximum absolute atomic E-state index is 9.15. The third-order valence-corrected chi connectivity index (χ3v) is 3.10. The van der Waals surface area contributed by atoms with Crippen LogP contribution in [0.1, 0.15) is 18.7 Å². The van der Waals surface area contributed by atoms with Gasteiger partial charge in [0.1, 0.15) is 5.76 Å². The second-order valence-corrected chi connectivity index (χ2v) is 4.49. The van der Waals surface area contributed by atoms with Crippen LogP contribution < -0.4 is 5.73 Å². The lowest BCUT2D eigenvalue weighted by atomic mass is 10.0. The lowest BCUT2D eigenvalue weighted by molar-refractivity contribution is -0.0698. The van der Waals surface area contributed by atoms with E-state index in [0.29, 0.717) is 13.2 Å². The smallest absolute Gasteiger partial charge is 0.122 e. The molecule has 5 nitrogen and oxygen atoms in total. The molecule has 1 aliphatic rings. The molecule has 0 saturated carbocycles. The molecule has 0 spiro atoms. The van der Waals surface area contributed by atoms with Crippen molar-refractivity contribution in [2.75, 3.05) is 26.3 Å². The first kappa shape index (κ1) is 12.6. The van der Waals surface area contributed by atoms with E-state index in [-0.39, 0.29) is 24.8 Å². The van der Waals surface area contributed by atoms with Crippen LogP contribution in [0.2, 0.25) is 0 Å². The summed E-state index contributed by atoms with van der Waals surface area (Å²) in [5.74, 6) is 0.874. The molecule has 1 fully saturated rings. The maximum Gasteiger partial charge on any atom is 0.122 e. The van der Waals surface area contributed by atoms with Crippen molar-refractivity contribution in [3.05, 3.63) is 24.2 Å². The van der Waals surface area contributed by atoms with Gasteiger partial charge in [0, 0.05) is 19.1 Å². The van der Waals surface area contributed by atoms with Crippen LogP contribution in [-0.4, -0.2) is 48.5 Å². The zero-order chi connectivity index (χ0) is 12.3. The minimum absolute atomic E-state index is 0.0291. The number of aliphatic hydroxyl groups excluding tert-OH is 1. The Bertz CT molecular complexity index is 327. The van der Waals surface area contributed by atoms with Crippen LogP contribution >= 0.6 is 0 Å². The quantitative estimate of drug-likeness (QED) is 0.795. The van der Waals surface area contributed by atoms with Crippen LogP contribution in [0.5, 0.6) is 0 Å². The Morgan fingerprint density at radius 1 is 1.65 bits per heavy atom. The Kier molecular flexibility index (Phi) is 4.17. The summed E-state index contributed by atoms with van der Waals surface area (Å²) in [7, 11) is 0. The van der Waals surface area contributed by atoms with Gasteiger partial charge in [-0.25, -0.2) is 0 Å². The molecule has 3 atom stereocenters. The highest BCUT2D eigenvalue weighted by atomic mass is 16.5. The summed E-state index contributed by atoms with van der Waals surface area (Å²) < 4.78 is 10.9. The molecule has 0 bridgehead atoms. The molecule has 0 aromatic carbocycles. The van der Waals surface area contributed by atoms with Crippen LogP contribution in [0.25, 0.3) is 0 Å². The minimum atomic E-state index is -0.125. The van der Waals surface area contributed by atoms with E-state index in [2.05, 4.69) is 4.90 Å². The van der Waals surface area contributed by atoms with Crippen molar-refractivity contribution >= 4 is 0 Å². The molecule has 2 heterocycles. The fourth-order valence-electron chi connectivity index (χ4n) is 2.34. The normalized spacial score (nSPS) is 25.7. The molecule has 1 aliphatic heterocycles. The lowest BCUT2D eigenvalue weighted by Crippen LogP contribution is -2.49. The lowest BCUT2D eigenvalue weighted by Gasteiger charge is -2.38. The monoisotopic (exact) mass is 240 g/mol. The zero-order valence-electron chi connectivity index (χ0n) is 10.1. The van der Waals surface area contributed by atoms with E-state index in [1.54, 1.807) is 6.26 Å². The molecular weight excluding hydrogens is 220 g/mol. The summed E-state index contributed by atoms with van der Waals surface area (Å²) >= 11 is 0. The van der Waals surface area contributed by atoms with Crippen molar-refractivity contribution in [2.24, 2.45) is 5.73 Å². The first-order valence-corrected chi connectivity index (χ1v) is 5.98. The third-order valence-electron chi connectivity index (χ3n) is 3.10. The van der Waals surface area contributed by atoms with Gasteiger partial charge in [-0.05, 0) is 19.1 Å². The molecule has 1 aromatic heterocycles. The molecule has 1 saturated heterocycles. The van der Waals surface area contributed by atoms with Gasteiger partial charge in [-0.15, -0.1) is 0 Å². The summed E-state index contributed by atoms with van der Waals surface area (Å²) in [6, 6.07) is 3.83. The number of hydrogen-bond donors (Lipinski definition) is 2. The number of furan rings is 1. The molecule has 3 unspecified atom stereocenters. The molecule has 0 radical (unpaired) electrons. The molecule has 1 aromatic rings. The highest BCUT2D eigenvalue weighted by Gasteiger charge is 2.30. The van der Waals surface area contributed by atoms with Gasteiger partial charge in [-0.3, -0.25) is 4.90 Å². The van der Waals surface area contributed by atoms with E-state index in [4.69, 9.17) is 20.0 Å². The van der Waals surface area contributed by atoms with Gasteiger partial charge < -0.3 is 20.0 Å². The number of morpholine rings is 1. The average molecular weight is 240 g/mol. The first-order chi connectivity index (χ1) is 8.22. The van der Waals surface area contributed by atoms with E-state index in [1.807, 2.05) is 19.1 Å². The zero-order valence-corrected chi connectivity index (χ0v) is 10.1. The van der Waals surface area contributed by atoms with Gasteiger partial charge in [0.25, 0.3) is 0 Å². The maximum atomic E-state index is 9.15. The van der Waals surface area contributed by atoms with E-state index in [1.165, 1.54) is 0 Å². The van der Waals surface area contributed by atoms with Crippen LogP contribution in [-0.2, 0) is 4.74 Å². The summed E-state index contributed by atoms with van der Waals surface area (Å²) in [5.41, 5.74) is 6.04. The van der Waals surface area contributed by atoms with E-state index in [0.717, 1.165) is 12.3 Å². The van der Waals surface area contributed by atoms with Crippen molar-refractivity contribution in [1.29, 1.82) is 0 Å². The van der Waals surface area contributed by atoms with E-state index < -0.39 is 0 Å². The van der Waals surface area contributed by atoms with Crippen LogP contribution in [0.3, 0.4) is 0 Å². The van der Waals surface area contributed by atoms with Crippen molar-refractivity contribution < 1.29 is 14.3 Å². The minimum Gasteiger partial charge on any atom is -0.468 e. The Morgan fingerprint density at radius 2 is 2.47 bits per heavy atom. The molecule has 2 rings (SSSR count). The SMILES string of the molecule is CC(N)C(c1ccco1)N1CCOC(CO)C1. The van der Waals surface area contributed by atoms with E-state index in [9.17, 15) is 0 Å². The summed E-state index contributed by atoms with van der Waals surface area (Å²) in [6.07, 6.45) is 1.54. The van der Waals surface area contributed by atoms with Crippen molar-refractivity contribution in [1.82, 2.24) is 4.90 Å². The Hall–Kier alpha value is -0.880. The predicted molar refractivity (Wildman–Crippen MR) is 63.5 cm³/mol. The molecule has 96 valence electrons. The highest BCUT2D eigenvalue weighted by Crippen LogP contribution is 2.25. The molecule has 17 heavy (non-hydrogen) atoms. The second-order valence-electron chi connectivity index (χ2n) is 4.49. The third kappa shape index (κ3) is 2.87. The van der Waals surface area contributed by atoms with Crippen molar-refractivity contribution in [2.45, 2.75) is 25.1 Å². The number of ether oxygens (including phenoxy) is 1. The standard InChI is InChI=1S/C12H20N2O3/c1-9(13)12(11-3-2-5-17-11)14-4-6-16-10(7-14)8-15/h2-3,5,9-10,12,15H,4,6-8,13H2,1H3. The topological polar surface area (TPSA) is 71.9 Å². The molecular formula is C12H20N2O3. The van der Waals surface area contributed by atoms with Crippen molar-refractivity contribution in [3.63, 3.8) is 0 Å². The Labute approximate surface area is 101 Å². The van der Waals surface area contributed by atoms with Gasteiger partial charge in [0.15, 0.2) is 0 Å². The number of rotatable bonds is 4. The molecule has 0 amide bonds. The first-order valence-electron chi connectivity index (χ1n) is 5.98. The number of hydrogen-bond acceptors (Lipinski definition) is 5. The van der Waals surface area contributed by atoms with Crippen LogP contribution in [0, 0.1) is 0 Å². The van der Waals surface area contributed by atoms with Crippen LogP contribution in [0.4, 0.5) is 0 Å². The molecule has 5 heteroatoms. The molecule has 0 aliphatic carbocycles. The van der Waals surface area contributed by atoms with Gasteiger partial charge in [-0.2, -0.15) is 0 Å². The number of nitrogens with zero attached hydrogens (tertiary/aromatic N) is 1. The van der Waals surface area contributed by atoms with Gasteiger partial charge >= 0.3 is 0 Å². The van der Waals surface area contributed by atoms with Crippen LogP contribution in [0.15, 0.2) is 22.8 Å². The van der Waals surface area contributed by atoms with Crippen molar-refractivity contribution in [3.8, 4) is 0 Å². The number of nitrogens with two attached hydrogens (primary N) is 1. The average Bonchev–Trinajstić information content (AvgIpc) is 2.83. The predicted octanol–water partition coefficient (Wildman–Crippen LogP) is 0.361. The largest absolute Gasteiger partial charge is 0.468 e. The summed E-state index contributed by atoms with van der Waals surface area (Å²) in [5, 5.41) is 9.15. The second kappa shape index (κ2) is 5.64. The fourth-order valence-corrected chi connectivity index (χ4v) is 2.34. The highest BCUT2D eigenvalue weighted by molar-refractivity contribution is 5.07. The molecule has 3 N–H and O–H groups in total. The summed E-state index contributed by atoms with van der Waals surface area (Å²) in [6.45, 7) is 4.12. The Balaban J connectivity index is 2.11. The van der Waals surface area contributed by atoms with E-state index >= 15 is 0 Å². The number of aliphatic hydroxyl groups is 1. The fraction of sp³-hybridized carbons (Fsp3) is 0.667. The van der Waals surface area contributed by atoms with Gasteiger partial charge in [0.05, 0.1) is 31.6 Å². The van der Waals surface area contributed by atoms with Gasteiger partial charge in [0.2, 0.25) is 0 Å². The van der Waals surface area contributed by atoms with Gasteiger partial charge in [-0.1, -0.05) is 0 Å². The Morgan fingerprint density at radius 3 is 3.06 bits per heavy atom.